The van der Waals surface area contributed by atoms with Crippen molar-refractivity contribution in [2.45, 2.75) is 19.4 Å². The van der Waals surface area contributed by atoms with Crippen LogP contribution in [0.4, 0.5) is 4.39 Å². The summed E-state index contributed by atoms with van der Waals surface area (Å²) in [6, 6.07) is 12.8. The lowest BCUT2D eigenvalue weighted by Gasteiger charge is -2.20. The molecule has 138 valence electrons. The van der Waals surface area contributed by atoms with Crippen molar-refractivity contribution in [3.8, 4) is 0 Å². The lowest BCUT2D eigenvalue weighted by molar-refractivity contribution is -0.138. The maximum absolute atomic E-state index is 13.2. The lowest BCUT2D eigenvalue weighted by Crippen LogP contribution is -2.34. The third-order valence-corrected chi connectivity index (χ3v) is 5.20. The zero-order chi connectivity index (χ0) is 19.0. The summed E-state index contributed by atoms with van der Waals surface area (Å²) in [5.41, 5.74) is 2.26. The molecule has 0 aromatic heterocycles. The Balaban J connectivity index is 1.72. The Labute approximate surface area is 161 Å². The van der Waals surface area contributed by atoms with Crippen LogP contribution in [0.5, 0.6) is 0 Å². The Kier molecular flexibility index (Phi) is 4.70. The minimum atomic E-state index is -0.351. The van der Waals surface area contributed by atoms with E-state index in [9.17, 15) is 14.0 Å². The summed E-state index contributed by atoms with van der Waals surface area (Å²) in [4.78, 5) is 29.5. The minimum absolute atomic E-state index is 0.117. The second-order valence-corrected chi connectivity index (χ2v) is 7.18. The first kappa shape index (κ1) is 17.7. The van der Waals surface area contributed by atoms with Crippen LogP contribution in [-0.2, 0) is 16.1 Å². The van der Waals surface area contributed by atoms with Gasteiger partial charge in [0, 0.05) is 18.1 Å². The van der Waals surface area contributed by atoms with Crippen molar-refractivity contribution >= 4 is 29.0 Å². The van der Waals surface area contributed by atoms with Gasteiger partial charge in [-0.15, -0.1) is 0 Å². The molecule has 27 heavy (non-hydrogen) atoms. The molecule has 1 saturated heterocycles. The smallest absolute Gasteiger partial charge is 0.278 e. The highest BCUT2D eigenvalue weighted by molar-refractivity contribution is 6.35. The van der Waals surface area contributed by atoms with Crippen LogP contribution in [0, 0.1) is 5.82 Å². The van der Waals surface area contributed by atoms with Gasteiger partial charge in [-0.3, -0.25) is 14.5 Å². The molecule has 4 nitrogen and oxygen atoms in total. The first-order valence-electron chi connectivity index (χ1n) is 8.90. The molecule has 2 aliphatic heterocycles. The average Bonchev–Trinajstić information content (AvgIpc) is 3.26. The Morgan fingerprint density at radius 1 is 0.889 bits per heavy atom. The second kappa shape index (κ2) is 7.16. The molecule has 0 atom stereocenters. The molecule has 6 heteroatoms. The fourth-order valence-corrected chi connectivity index (χ4v) is 3.72. The number of hydrogen-bond donors (Lipinski definition) is 0. The molecular formula is C21H18ClFN2O2. The summed E-state index contributed by atoms with van der Waals surface area (Å²) in [5.74, 6) is -0.972. The van der Waals surface area contributed by atoms with Crippen molar-refractivity contribution < 1.29 is 14.0 Å². The number of hydrogen-bond acceptors (Lipinski definition) is 3. The van der Waals surface area contributed by atoms with Crippen molar-refractivity contribution in [3.63, 3.8) is 0 Å². The number of likely N-dealkylation sites (tertiary alicyclic amines) is 1. The average molecular weight is 385 g/mol. The molecular weight excluding hydrogens is 367 g/mol. The van der Waals surface area contributed by atoms with Crippen LogP contribution in [0.25, 0.3) is 5.57 Å². The van der Waals surface area contributed by atoms with Gasteiger partial charge < -0.3 is 4.90 Å². The number of carbonyl (C=O) groups excluding carboxylic acids is 2. The van der Waals surface area contributed by atoms with Crippen molar-refractivity contribution in [2.24, 2.45) is 0 Å². The fourth-order valence-electron chi connectivity index (χ4n) is 3.59. The maximum atomic E-state index is 13.2. The molecule has 4 rings (SSSR count). The number of halogens is 2. The van der Waals surface area contributed by atoms with Gasteiger partial charge in [0.1, 0.15) is 11.5 Å². The molecule has 1 fully saturated rings. The molecule has 0 radical (unpaired) electrons. The van der Waals surface area contributed by atoms with E-state index in [1.165, 1.54) is 17.0 Å². The van der Waals surface area contributed by atoms with Crippen molar-refractivity contribution in [1.82, 2.24) is 9.80 Å². The van der Waals surface area contributed by atoms with Crippen molar-refractivity contribution in [1.29, 1.82) is 0 Å². The Morgan fingerprint density at radius 2 is 1.52 bits per heavy atom. The van der Waals surface area contributed by atoms with E-state index in [0.717, 1.165) is 25.9 Å². The van der Waals surface area contributed by atoms with Crippen molar-refractivity contribution in [2.75, 3.05) is 13.1 Å². The number of amides is 2. The summed E-state index contributed by atoms with van der Waals surface area (Å²) < 4.78 is 13.2. The number of benzene rings is 2. The van der Waals surface area contributed by atoms with Gasteiger partial charge in [-0.2, -0.15) is 0 Å². The van der Waals surface area contributed by atoms with Gasteiger partial charge in [-0.05, 0) is 48.2 Å². The molecule has 0 unspecified atom stereocenters. The molecule has 0 aliphatic carbocycles. The third-order valence-electron chi connectivity index (χ3n) is 4.95. The van der Waals surface area contributed by atoms with E-state index < -0.39 is 0 Å². The van der Waals surface area contributed by atoms with E-state index in [1.54, 1.807) is 36.4 Å². The number of carbonyl (C=O) groups is 2. The predicted octanol–water partition coefficient (Wildman–Crippen LogP) is 3.86. The van der Waals surface area contributed by atoms with Crippen LogP contribution in [-0.4, -0.2) is 34.7 Å². The standard InChI is InChI=1S/C21H18ClFN2O2/c22-16-7-5-15(6-8-16)18-19(24-11-1-2-12-24)21(27)25(20(18)26)13-14-3-9-17(23)10-4-14/h3-10H,1-2,11-13H2. The third kappa shape index (κ3) is 3.35. The van der Waals surface area contributed by atoms with Crippen molar-refractivity contribution in [3.05, 3.63) is 76.2 Å². The van der Waals surface area contributed by atoms with Gasteiger partial charge in [-0.1, -0.05) is 35.9 Å². The molecule has 2 aliphatic rings. The van der Waals surface area contributed by atoms with Crippen LogP contribution in [0.3, 0.4) is 0 Å². The van der Waals surface area contributed by atoms with E-state index in [0.29, 0.717) is 27.4 Å². The van der Waals surface area contributed by atoms with Gasteiger partial charge in [0.15, 0.2) is 0 Å². The monoisotopic (exact) mass is 384 g/mol. The summed E-state index contributed by atoms with van der Waals surface area (Å²) in [6.45, 7) is 1.64. The second-order valence-electron chi connectivity index (χ2n) is 6.75. The highest BCUT2D eigenvalue weighted by Gasteiger charge is 2.41. The summed E-state index contributed by atoms with van der Waals surface area (Å²) in [6.07, 6.45) is 1.99. The molecule has 0 spiro atoms. The van der Waals surface area contributed by atoms with Gasteiger partial charge in [-0.25, -0.2) is 4.39 Å². The highest BCUT2D eigenvalue weighted by atomic mass is 35.5. The molecule has 0 saturated carbocycles. The normalized spacial score (nSPS) is 17.4. The summed E-state index contributed by atoms with van der Waals surface area (Å²) in [5, 5.41) is 0.571. The van der Waals surface area contributed by atoms with Crippen LogP contribution in [0.1, 0.15) is 24.0 Å². The Hall–Kier alpha value is -2.66. The van der Waals surface area contributed by atoms with E-state index >= 15 is 0 Å². The fraction of sp³-hybridized carbons (Fsp3) is 0.238. The van der Waals surface area contributed by atoms with E-state index in [1.807, 2.05) is 4.90 Å². The van der Waals surface area contributed by atoms with Gasteiger partial charge in [0.2, 0.25) is 0 Å². The first-order valence-corrected chi connectivity index (χ1v) is 9.28. The SMILES string of the molecule is O=C1C(c2ccc(Cl)cc2)=C(N2CCCC2)C(=O)N1Cc1ccc(F)cc1. The quantitative estimate of drug-likeness (QED) is 0.752. The topological polar surface area (TPSA) is 40.6 Å². The Bertz CT molecular complexity index is 916. The summed E-state index contributed by atoms with van der Waals surface area (Å²) in [7, 11) is 0. The first-order chi connectivity index (χ1) is 13.0. The zero-order valence-corrected chi connectivity index (χ0v) is 15.4. The molecule has 2 heterocycles. The number of rotatable bonds is 4. The molecule has 2 aromatic carbocycles. The van der Waals surface area contributed by atoms with Crippen LogP contribution >= 0.6 is 11.6 Å². The van der Waals surface area contributed by atoms with Crippen LogP contribution in [0.15, 0.2) is 54.2 Å². The number of imide groups is 1. The van der Waals surface area contributed by atoms with E-state index in [-0.39, 0.29) is 24.2 Å². The minimum Gasteiger partial charge on any atom is -0.366 e. The van der Waals surface area contributed by atoms with Crippen LogP contribution < -0.4 is 0 Å². The van der Waals surface area contributed by atoms with Gasteiger partial charge in [0.05, 0.1) is 12.1 Å². The zero-order valence-electron chi connectivity index (χ0n) is 14.6. The molecule has 2 aromatic rings. The van der Waals surface area contributed by atoms with Gasteiger partial charge in [0.25, 0.3) is 11.8 Å². The van der Waals surface area contributed by atoms with E-state index in [4.69, 9.17) is 11.6 Å². The highest BCUT2D eigenvalue weighted by Crippen LogP contribution is 2.34. The molecule has 0 bridgehead atoms. The maximum Gasteiger partial charge on any atom is 0.278 e. The number of nitrogens with zero attached hydrogens (tertiary/aromatic N) is 2. The summed E-state index contributed by atoms with van der Waals surface area (Å²) >= 11 is 5.98. The van der Waals surface area contributed by atoms with Gasteiger partial charge >= 0.3 is 0 Å². The Morgan fingerprint density at radius 3 is 2.15 bits per heavy atom. The largest absolute Gasteiger partial charge is 0.366 e. The van der Waals surface area contributed by atoms with Crippen LogP contribution in [0.2, 0.25) is 5.02 Å². The molecule has 0 N–H and O–H groups in total. The molecule has 2 amide bonds. The predicted molar refractivity (Wildman–Crippen MR) is 101 cm³/mol. The van der Waals surface area contributed by atoms with E-state index in [2.05, 4.69) is 0 Å². The lowest BCUT2D eigenvalue weighted by atomic mass is 10.0.